The molecule has 0 atom stereocenters. The molecule has 90 valence electrons. The average molecular weight is 222 g/mol. The van der Waals surface area contributed by atoms with Crippen LogP contribution in [0.4, 0.5) is 0 Å². The van der Waals surface area contributed by atoms with Crippen LogP contribution in [0, 0.1) is 0 Å². The molecule has 0 saturated heterocycles. The Bertz CT molecular complexity index is 337. The lowest BCUT2D eigenvalue weighted by Crippen LogP contribution is -2.17. The standard InChI is InChI=1S/C12H22N4/c1-9(2)16-11(8-13)14-15-12(16)10-6-4-3-5-7-10/h9-10H,3-8,13H2,1-2H3. The number of hydrogen-bond donors (Lipinski definition) is 1. The zero-order chi connectivity index (χ0) is 11.5. The van der Waals surface area contributed by atoms with E-state index in [2.05, 4.69) is 28.6 Å². The van der Waals surface area contributed by atoms with Crippen LogP contribution in [0.5, 0.6) is 0 Å². The van der Waals surface area contributed by atoms with E-state index in [1.54, 1.807) is 0 Å². The number of nitrogens with two attached hydrogens (primary N) is 1. The van der Waals surface area contributed by atoms with E-state index in [0.29, 0.717) is 18.5 Å². The minimum atomic E-state index is 0.408. The SMILES string of the molecule is CC(C)n1c(CN)nnc1C1CCCCC1. The van der Waals surface area contributed by atoms with Crippen LogP contribution in [0.3, 0.4) is 0 Å². The van der Waals surface area contributed by atoms with Crippen molar-refractivity contribution in [2.45, 2.75) is 64.5 Å². The highest BCUT2D eigenvalue weighted by Gasteiger charge is 2.23. The summed E-state index contributed by atoms with van der Waals surface area (Å²) in [6, 6.07) is 0.408. The lowest BCUT2D eigenvalue weighted by Gasteiger charge is -2.23. The maximum Gasteiger partial charge on any atom is 0.147 e. The molecular weight excluding hydrogens is 200 g/mol. The summed E-state index contributed by atoms with van der Waals surface area (Å²) in [5.74, 6) is 2.69. The van der Waals surface area contributed by atoms with Crippen molar-refractivity contribution in [3.63, 3.8) is 0 Å². The van der Waals surface area contributed by atoms with Gasteiger partial charge in [0.15, 0.2) is 0 Å². The molecule has 1 aromatic heterocycles. The number of aromatic nitrogens is 3. The fourth-order valence-corrected chi connectivity index (χ4v) is 2.68. The van der Waals surface area contributed by atoms with Crippen molar-refractivity contribution in [1.29, 1.82) is 0 Å². The molecule has 1 fully saturated rings. The molecule has 0 amide bonds. The second kappa shape index (κ2) is 4.95. The summed E-state index contributed by atoms with van der Waals surface area (Å²) in [4.78, 5) is 0. The molecule has 1 heterocycles. The molecule has 0 aromatic carbocycles. The van der Waals surface area contributed by atoms with Gasteiger partial charge in [-0.15, -0.1) is 10.2 Å². The van der Waals surface area contributed by atoms with E-state index in [9.17, 15) is 0 Å². The lowest BCUT2D eigenvalue weighted by atomic mass is 9.88. The third-order valence-electron chi connectivity index (χ3n) is 3.46. The van der Waals surface area contributed by atoms with Gasteiger partial charge in [-0.2, -0.15) is 0 Å². The molecule has 1 aliphatic carbocycles. The van der Waals surface area contributed by atoms with E-state index in [-0.39, 0.29) is 0 Å². The Kier molecular flexibility index (Phi) is 3.59. The molecule has 0 bridgehead atoms. The second-order valence-electron chi connectivity index (χ2n) is 4.98. The van der Waals surface area contributed by atoms with Gasteiger partial charge >= 0.3 is 0 Å². The third kappa shape index (κ3) is 2.12. The molecule has 0 radical (unpaired) electrons. The average Bonchev–Trinajstić information content (AvgIpc) is 2.73. The fraction of sp³-hybridized carbons (Fsp3) is 0.833. The Labute approximate surface area is 97.2 Å². The zero-order valence-corrected chi connectivity index (χ0v) is 10.3. The molecule has 16 heavy (non-hydrogen) atoms. The van der Waals surface area contributed by atoms with Crippen LogP contribution in [0.1, 0.15) is 69.6 Å². The van der Waals surface area contributed by atoms with Crippen molar-refractivity contribution >= 4 is 0 Å². The quantitative estimate of drug-likeness (QED) is 0.854. The molecule has 1 saturated carbocycles. The molecule has 0 aliphatic heterocycles. The zero-order valence-electron chi connectivity index (χ0n) is 10.3. The largest absolute Gasteiger partial charge is 0.324 e. The van der Waals surface area contributed by atoms with Crippen LogP contribution in [0.15, 0.2) is 0 Å². The minimum Gasteiger partial charge on any atom is -0.324 e. The van der Waals surface area contributed by atoms with Gasteiger partial charge < -0.3 is 10.3 Å². The topological polar surface area (TPSA) is 56.7 Å². The van der Waals surface area contributed by atoms with Crippen molar-refractivity contribution in [3.05, 3.63) is 11.6 Å². The maximum absolute atomic E-state index is 5.71. The first kappa shape index (κ1) is 11.6. The summed E-state index contributed by atoms with van der Waals surface area (Å²) in [7, 11) is 0. The summed E-state index contributed by atoms with van der Waals surface area (Å²) in [6.07, 6.45) is 6.54. The summed E-state index contributed by atoms with van der Waals surface area (Å²) >= 11 is 0. The maximum atomic E-state index is 5.71. The number of rotatable bonds is 3. The smallest absolute Gasteiger partial charge is 0.147 e. The minimum absolute atomic E-state index is 0.408. The van der Waals surface area contributed by atoms with Gasteiger partial charge in [0.2, 0.25) is 0 Å². The Morgan fingerprint density at radius 2 is 1.94 bits per heavy atom. The number of nitrogens with zero attached hydrogens (tertiary/aromatic N) is 3. The monoisotopic (exact) mass is 222 g/mol. The summed E-state index contributed by atoms with van der Waals surface area (Å²) in [5.41, 5.74) is 5.71. The van der Waals surface area contributed by atoms with Crippen LogP contribution in [-0.2, 0) is 6.54 Å². The van der Waals surface area contributed by atoms with Crippen LogP contribution >= 0.6 is 0 Å². The van der Waals surface area contributed by atoms with Crippen molar-refractivity contribution < 1.29 is 0 Å². The highest BCUT2D eigenvalue weighted by molar-refractivity contribution is 5.04. The molecule has 4 heteroatoms. The van der Waals surface area contributed by atoms with E-state index in [1.165, 1.54) is 32.1 Å². The van der Waals surface area contributed by atoms with E-state index in [0.717, 1.165) is 11.6 Å². The molecule has 2 rings (SSSR count). The van der Waals surface area contributed by atoms with Gasteiger partial charge in [-0.1, -0.05) is 19.3 Å². The van der Waals surface area contributed by atoms with Crippen LogP contribution in [0.25, 0.3) is 0 Å². The van der Waals surface area contributed by atoms with Crippen molar-refractivity contribution in [1.82, 2.24) is 14.8 Å². The van der Waals surface area contributed by atoms with Gasteiger partial charge in [0.25, 0.3) is 0 Å². The van der Waals surface area contributed by atoms with Crippen LogP contribution in [0.2, 0.25) is 0 Å². The van der Waals surface area contributed by atoms with Crippen molar-refractivity contribution in [2.75, 3.05) is 0 Å². The highest BCUT2D eigenvalue weighted by atomic mass is 15.3. The Morgan fingerprint density at radius 3 is 2.50 bits per heavy atom. The molecule has 0 unspecified atom stereocenters. The van der Waals surface area contributed by atoms with Crippen LogP contribution < -0.4 is 5.73 Å². The molecule has 1 aliphatic rings. The molecule has 0 spiro atoms. The predicted molar refractivity (Wildman–Crippen MR) is 64.1 cm³/mol. The molecular formula is C12H22N4. The Hall–Kier alpha value is -0.900. The van der Waals surface area contributed by atoms with Gasteiger partial charge in [-0.25, -0.2) is 0 Å². The van der Waals surface area contributed by atoms with E-state index in [4.69, 9.17) is 5.73 Å². The second-order valence-corrected chi connectivity index (χ2v) is 4.98. The van der Waals surface area contributed by atoms with Gasteiger partial charge in [0, 0.05) is 12.0 Å². The predicted octanol–water partition coefficient (Wildman–Crippen LogP) is 2.37. The Morgan fingerprint density at radius 1 is 1.25 bits per heavy atom. The van der Waals surface area contributed by atoms with E-state index in [1.807, 2.05) is 0 Å². The molecule has 2 N–H and O–H groups in total. The first-order valence-electron chi connectivity index (χ1n) is 6.37. The normalized spacial score (nSPS) is 18.2. The first-order valence-corrected chi connectivity index (χ1v) is 6.37. The van der Waals surface area contributed by atoms with Gasteiger partial charge in [-0.05, 0) is 26.7 Å². The van der Waals surface area contributed by atoms with Crippen molar-refractivity contribution in [2.24, 2.45) is 5.73 Å². The van der Waals surface area contributed by atoms with Crippen molar-refractivity contribution in [3.8, 4) is 0 Å². The summed E-state index contributed by atoms with van der Waals surface area (Å²) in [5, 5.41) is 8.58. The lowest BCUT2D eigenvalue weighted by molar-refractivity contribution is 0.403. The van der Waals surface area contributed by atoms with E-state index < -0.39 is 0 Å². The molecule has 4 nitrogen and oxygen atoms in total. The fourth-order valence-electron chi connectivity index (χ4n) is 2.68. The van der Waals surface area contributed by atoms with Gasteiger partial charge in [-0.3, -0.25) is 0 Å². The van der Waals surface area contributed by atoms with E-state index >= 15 is 0 Å². The Balaban J connectivity index is 2.28. The highest BCUT2D eigenvalue weighted by Crippen LogP contribution is 2.32. The summed E-state index contributed by atoms with van der Waals surface area (Å²) in [6.45, 7) is 4.83. The summed E-state index contributed by atoms with van der Waals surface area (Å²) < 4.78 is 2.23. The van der Waals surface area contributed by atoms with Crippen LogP contribution in [-0.4, -0.2) is 14.8 Å². The van der Waals surface area contributed by atoms with Gasteiger partial charge in [0.05, 0.1) is 6.54 Å². The first-order chi connectivity index (χ1) is 7.74. The van der Waals surface area contributed by atoms with Gasteiger partial charge in [0.1, 0.15) is 11.6 Å². The number of hydrogen-bond acceptors (Lipinski definition) is 3. The molecule has 1 aromatic rings. The third-order valence-corrected chi connectivity index (χ3v) is 3.46.